The zero-order valence-electron chi connectivity index (χ0n) is 17.0. The van der Waals surface area contributed by atoms with E-state index in [2.05, 4.69) is 29.7 Å². The Kier molecular flexibility index (Phi) is 4.41. The molecule has 9 nitrogen and oxygen atoms in total. The van der Waals surface area contributed by atoms with Crippen LogP contribution in [0.1, 0.15) is 17.1 Å². The molecule has 0 N–H and O–H groups in total. The van der Waals surface area contributed by atoms with Gasteiger partial charge in [-0.15, -0.1) is 0 Å². The van der Waals surface area contributed by atoms with E-state index in [1.165, 1.54) is 0 Å². The first-order valence-corrected chi connectivity index (χ1v) is 10.6. The first kappa shape index (κ1) is 18.7. The summed E-state index contributed by atoms with van der Waals surface area (Å²) < 4.78 is 14.9. The van der Waals surface area contributed by atoms with Crippen molar-refractivity contribution in [1.82, 2.24) is 34.4 Å². The Labute approximate surface area is 183 Å². The number of imidazole rings is 1. The summed E-state index contributed by atoms with van der Waals surface area (Å²) in [5, 5.41) is 9.55. The van der Waals surface area contributed by atoms with Crippen LogP contribution in [0, 0.1) is 0 Å². The van der Waals surface area contributed by atoms with E-state index < -0.39 is 0 Å². The van der Waals surface area contributed by atoms with Crippen molar-refractivity contribution >= 4 is 11.6 Å². The molecular weight excluding hydrogens is 418 g/mol. The minimum absolute atomic E-state index is 0.430. The van der Waals surface area contributed by atoms with Gasteiger partial charge >= 0.3 is 0 Å². The largest absolute Gasteiger partial charge is 0.379 e. The number of rotatable bonds is 3. The van der Waals surface area contributed by atoms with Gasteiger partial charge in [0.2, 0.25) is 0 Å². The summed E-state index contributed by atoms with van der Waals surface area (Å²) in [4.78, 5) is 11.5. The second-order valence-corrected chi connectivity index (χ2v) is 8.27. The van der Waals surface area contributed by atoms with E-state index in [1.807, 2.05) is 36.1 Å². The van der Waals surface area contributed by atoms with E-state index in [1.54, 1.807) is 6.33 Å². The minimum atomic E-state index is 0.430. The van der Waals surface area contributed by atoms with Gasteiger partial charge in [-0.2, -0.15) is 10.1 Å². The molecule has 0 amide bonds. The molecule has 0 aliphatic carbocycles. The molecule has 3 aromatic heterocycles. The number of ether oxygens (including phenoxy) is 1. The zero-order valence-corrected chi connectivity index (χ0v) is 17.7. The van der Waals surface area contributed by atoms with E-state index in [4.69, 9.17) is 20.9 Å². The summed E-state index contributed by atoms with van der Waals surface area (Å²) in [6.45, 7) is 3.84. The summed E-state index contributed by atoms with van der Waals surface area (Å²) in [6, 6.07) is 5.82. The summed E-state index contributed by atoms with van der Waals surface area (Å²) in [5.41, 5.74) is 5.65. The van der Waals surface area contributed by atoms with Gasteiger partial charge in [-0.25, -0.2) is 4.98 Å². The average Bonchev–Trinajstić information content (AvgIpc) is 3.46. The number of fused-ring (bicyclic) bond motifs is 5. The number of hydrogen-bond acceptors (Lipinski definition) is 7. The maximum atomic E-state index is 6.31. The van der Waals surface area contributed by atoms with Gasteiger partial charge in [-0.05, 0) is 18.2 Å². The van der Waals surface area contributed by atoms with Crippen molar-refractivity contribution in [2.75, 3.05) is 26.3 Å². The van der Waals surface area contributed by atoms with Crippen LogP contribution in [-0.2, 0) is 24.8 Å². The molecule has 5 heterocycles. The number of aromatic nitrogens is 6. The number of nitrogens with zero attached hydrogens (tertiary/aromatic N) is 7. The summed E-state index contributed by atoms with van der Waals surface area (Å²) >= 11 is 6.31. The lowest BCUT2D eigenvalue weighted by molar-refractivity contribution is 0.0327. The van der Waals surface area contributed by atoms with E-state index >= 15 is 0 Å². The molecule has 0 spiro atoms. The monoisotopic (exact) mass is 437 g/mol. The molecule has 0 bridgehead atoms. The Morgan fingerprint density at radius 2 is 2.03 bits per heavy atom. The highest BCUT2D eigenvalue weighted by atomic mass is 35.5. The van der Waals surface area contributed by atoms with Crippen LogP contribution in [0.4, 0.5) is 0 Å². The second kappa shape index (κ2) is 7.30. The maximum absolute atomic E-state index is 6.31. The summed E-state index contributed by atoms with van der Waals surface area (Å²) in [7, 11) is 1.92. The third-order valence-corrected chi connectivity index (χ3v) is 5.98. The molecule has 0 radical (unpaired) electrons. The van der Waals surface area contributed by atoms with Crippen molar-refractivity contribution in [1.29, 1.82) is 0 Å². The Bertz CT molecular complexity index is 1270. The van der Waals surface area contributed by atoms with Crippen molar-refractivity contribution in [3.8, 4) is 28.5 Å². The van der Waals surface area contributed by atoms with Crippen LogP contribution in [0.15, 0.2) is 35.2 Å². The molecular formula is C21H20ClN7O2. The molecule has 0 unspecified atom stereocenters. The van der Waals surface area contributed by atoms with Crippen LogP contribution in [0.3, 0.4) is 0 Å². The fourth-order valence-electron chi connectivity index (χ4n) is 4.28. The van der Waals surface area contributed by atoms with Gasteiger partial charge in [0, 0.05) is 48.9 Å². The molecule has 0 atom stereocenters. The summed E-state index contributed by atoms with van der Waals surface area (Å²) in [6.07, 6.45) is 4.48. The normalized spacial score (nSPS) is 15.9. The Morgan fingerprint density at radius 3 is 2.90 bits per heavy atom. The highest BCUT2D eigenvalue weighted by Gasteiger charge is 2.27. The molecule has 4 aromatic rings. The van der Waals surface area contributed by atoms with E-state index in [9.17, 15) is 0 Å². The first-order chi connectivity index (χ1) is 15.2. The topological polar surface area (TPSA) is 87.0 Å². The smallest absolute Gasteiger partial charge is 0.278 e. The molecule has 1 aromatic carbocycles. The first-order valence-electron chi connectivity index (χ1n) is 10.2. The van der Waals surface area contributed by atoms with E-state index in [0.29, 0.717) is 35.4 Å². The number of morpholine rings is 1. The van der Waals surface area contributed by atoms with Gasteiger partial charge in [0.25, 0.3) is 5.89 Å². The van der Waals surface area contributed by atoms with E-state index in [0.717, 1.165) is 54.5 Å². The maximum Gasteiger partial charge on any atom is 0.278 e. The van der Waals surface area contributed by atoms with Gasteiger partial charge in [-0.3, -0.25) is 9.58 Å². The predicted octanol–water partition coefficient (Wildman–Crippen LogP) is 2.71. The number of hydrogen-bond donors (Lipinski definition) is 0. The van der Waals surface area contributed by atoms with Crippen molar-refractivity contribution in [3.63, 3.8) is 0 Å². The highest BCUT2D eigenvalue weighted by molar-refractivity contribution is 6.31. The van der Waals surface area contributed by atoms with Crippen molar-refractivity contribution in [3.05, 3.63) is 52.8 Å². The third kappa shape index (κ3) is 3.25. The second-order valence-electron chi connectivity index (χ2n) is 7.83. The van der Waals surface area contributed by atoms with Gasteiger partial charge in [0.15, 0.2) is 11.5 Å². The Balaban J connectivity index is 1.41. The zero-order chi connectivity index (χ0) is 20.9. The number of aryl methyl sites for hydroxylation is 1. The van der Waals surface area contributed by atoms with E-state index in [-0.39, 0.29) is 0 Å². The Hall–Kier alpha value is -3.01. The van der Waals surface area contributed by atoms with Crippen LogP contribution in [0.25, 0.3) is 28.5 Å². The average molecular weight is 438 g/mol. The SMILES string of the molecule is Cn1cc2c(n1)-c1cc(Cl)ccc1-n1cnc(-c3nc(CN4CCOCC4)no3)c1C2. The van der Waals surface area contributed by atoms with Gasteiger partial charge in [-0.1, -0.05) is 16.8 Å². The van der Waals surface area contributed by atoms with Gasteiger partial charge in [0.1, 0.15) is 6.33 Å². The standard InChI is InChI=1S/C21H20ClN7O2/c1-27-10-13-8-17-20(21-24-18(26-31-21)11-28-4-6-30-7-5-28)23-12-29(17)16-3-2-14(22)9-15(16)19(13)25-27/h2-3,9-10,12H,4-8,11H2,1H3. The lowest BCUT2D eigenvalue weighted by Crippen LogP contribution is -2.35. The molecule has 6 rings (SSSR count). The number of halogens is 1. The van der Waals surface area contributed by atoms with Crippen molar-refractivity contribution < 1.29 is 9.26 Å². The molecule has 2 aliphatic rings. The lowest BCUT2D eigenvalue weighted by atomic mass is 10.0. The predicted molar refractivity (Wildman–Crippen MR) is 113 cm³/mol. The Morgan fingerprint density at radius 1 is 1.16 bits per heavy atom. The van der Waals surface area contributed by atoms with Crippen LogP contribution in [-0.4, -0.2) is 60.7 Å². The fourth-order valence-corrected chi connectivity index (χ4v) is 4.46. The quantitative estimate of drug-likeness (QED) is 0.429. The van der Waals surface area contributed by atoms with Crippen LogP contribution in [0.2, 0.25) is 5.02 Å². The molecule has 10 heteroatoms. The highest BCUT2D eigenvalue weighted by Crippen LogP contribution is 2.38. The van der Waals surface area contributed by atoms with Crippen LogP contribution < -0.4 is 0 Å². The third-order valence-electron chi connectivity index (χ3n) is 5.74. The molecule has 1 fully saturated rings. The van der Waals surface area contributed by atoms with Crippen molar-refractivity contribution in [2.24, 2.45) is 7.05 Å². The van der Waals surface area contributed by atoms with Crippen LogP contribution in [0.5, 0.6) is 0 Å². The molecule has 0 saturated carbocycles. The fraction of sp³-hybridized carbons (Fsp3) is 0.333. The van der Waals surface area contributed by atoms with Gasteiger partial charge < -0.3 is 13.8 Å². The minimum Gasteiger partial charge on any atom is -0.379 e. The molecule has 158 valence electrons. The summed E-state index contributed by atoms with van der Waals surface area (Å²) in [5.74, 6) is 1.08. The molecule has 31 heavy (non-hydrogen) atoms. The van der Waals surface area contributed by atoms with Gasteiger partial charge in [0.05, 0.1) is 36.8 Å². The van der Waals surface area contributed by atoms with Crippen LogP contribution >= 0.6 is 11.6 Å². The van der Waals surface area contributed by atoms with Crippen molar-refractivity contribution in [2.45, 2.75) is 13.0 Å². The molecule has 1 saturated heterocycles. The molecule has 2 aliphatic heterocycles. The lowest BCUT2D eigenvalue weighted by Gasteiger charge is -2.24. The number of benzene rings is 1.